The van der Waals surface area contributed by atoms with E-state index < -0.39 is 16.3 Å². The molecule has 0 atom stereocenters. The average molecular weight is 306 g/mol. The molecular weight excluding hydrogens is 284 g/mol. The second-order valence-corrected chi connectivity index (χ2v) is 7.07. The van der Waals surface area contributed by atoms with Crippen LogP contribution in [-0.2, 0) is 19.7 Å². The van der Waals surface area contributed by atoms with Crippen molar-refractivity contribution in [2.24, 2.45) is 5.92 Å². The zero-order valence-corrected chi connectivity index (χ0v) is 12.4. The van der Waals surface area contributed by atoms with E-state index in [4.69, 9.17) is 4.74 Å². The van der Waals surface area contributed by atoms with Gasteiger partial charge in [-0.25, -0.2) is 0 Å². The summed E-state index contributed by atoms with van der Waals surface area (Å²) < 4.78 is 33.1. The van der Waals surface area contributed by atoms with Gasteiger partial charge in [0.2, 0.25) is 0 Å². The highest BCUT2D eigenvalue weighted by Crippen LogP contribution is 2.24. The van der Waals surface area contributed by atoms with Crippen molar-refractivity contribution in [3.63, 3.8) is 0 Å². The molecule has 116 valence electrons. The van der Waals surface area contributed by atoms with Crippen LogP contribution in [0.2, 0.25) is 0 Å². The molecule has 2 fully saturated rings. The van der Waals surface area contributed by atoms with Gasteiger partial charge >= 0.3 is 5.97 Å². The topological polar surface area (TPSA) is 95.9 Å². The van der Waals surface area contributed by atoms with Gasteiger partial charge in [0.25, 0.3) is 10.2 Å². The number of carbonyl (C=O) groups excluding carboxylic acids is 1. The molecule has 8 heteroatoms. The predicted octanol–water partition coefficient (Wildman–Crippen LogP) is -0.381. The Bertz CT molecular complexity index is 439. The van der Waals surface area contributed by atoms with Gasteiger partial charge in [0, 0.05) is 19.1 Å². The maximum Gasteiger partial charge on any atom is 0.309 e. The smallest absolute Gasteiger partial charge is 0.309 e. The molecule has 1 heterocycles. The summed E-state index contributed by atoms with van der Waals surface area (Å²) in [7, 11) is -3.51. The van der Waals surface area contributed by atoms with Crippen LogP contribution in [0.5, 0.6) is 0 Å². The number of hydrogen-bond donors (Lipinski definition) is 2. The lowest BCUT2D eigenvalue weighted by Crippen LogP contribution is -2.53. The van der Waals surface area contributed by atoms with E-state index in [1.807, 2.05) is 0 Å². The summed E-state index contributed by atoms with van der Waals surface area (Å²) in [4.78, 5) is 11.6. The Hall–Kier alpha value is -0.700. The molecule has 20 heavy (non-hydrogen) atoms. The van der Waals surface area contributed by atoms with Crippen molar-refractivity contribution >= 4 is 16.2 Å². The average Bonchev–Trinajstić information content (AvgIpc) is 2.37. The maximum atomic E-state index is 12.1. The zero-order chi connectivity index (χ0) is 14.8. The number of rotatable bonds is 5. The third-order valence-corrected chi connectivity index (χ3v) is 5.52. The number of esters is 1. The van der Waals surface area contributed by atoms with Crippen LogP contribution in [0, 0.1) is 5.92 Å². The van der Waals surface area contributed by atoms with Gasteiger partial charge in [-0.05, 0) is 32.6 Å². The molecule has 0 aromatic carbocycles. The summed E-state index contributed by atoms with van der Waals surface area (Å²) >= 11 is 0. The summed E-state index contributed by atoms with van der Waals surface area (Å²) in [5.74, 6) is -0.438. The van der Waals surface area contributed by atoms with Gasteiger partial charge in [0.05, 0.1) is 18.6 Å². The number of piperidine rings is 1. The molecule has 7 nitrogen and oxygen atoms in total. The highest BCUT2D eigenvalue weighted by Gasteiger charge is 2.36. The number of aliphatic hydroxyl groups is 1. The first kappa shape index (κ1) is 15.7. The van der Waals surface area contributed by atoms with Crippen LogP contribution in [0.1, 0.15) is 32.6 Å². The molecule has 0 aromatic heterocycles. The standard InChI is InChI=1S/C12H22N2O5S/c1-2-19-12(16)9-3-5-14(6-4-9)20(17,18)13-10-7-11(15)8-10/h9-11,13,15H,2-8H2,1H3. The Labute approximate surface area is 119 Å². The lowest BCUT2D eigenvalue weighted by Gasteiger charge is -2.35. The lowest BCUT2D eigenvalue weighted by molar-refractivity contribution is -0.149. The second kappa shape index (κ2) is 6.38. The molecule has 2 aliphatic rings. The minimum Gasteiger partial charge on any atom is -0.466 e. The van der Waals surface area contributed by atoms with E-state index in [0.717, 1.165) is 0 Å². The van der Waals surface area contributed by atoms with Gasteiger partial charge in [-0.1, -0.05) is 0 Å². The van der Waals surface area contributed by atoms with E-state index >= 15 is 0 Å². The lowest BCUT2D eigenvalue weighted by atomic mass is 9.91. The quantitative estimate of drug-likeness (QED) is 0.675. The van der Waals surface area contributed by atoms with Gasteiger partial charge < -0.3 is 9.84 Å². The summed E-state index contributed by atoms with van der Waals surface area (Å²) in [5, 5.41) is 9.17. The van der Waals surface area contributed by atoms with Crippen molar-refractivity contribution in [3.8, 4) is 0 Å². The predicted molar refractivity (Wildman–Crippen MR) is 72.0 cm³/mol. The third-order valence-electron chi connectivity index (χ3n) is 3.84. The van der Waals surface area contributed by atoms with Crippen LogP contribution < -0.4 is 4.72 Å². The van der Waals surface area contributed by atoms with Gasteiger partial charge in [-0.15, -0.1) is 0 Å². The Morgan fingerprint density at radius 1 is 1.35 bits per heavy atom. The molecule has 1 aliphatic heterocycles. The number of ether oxygens (including phenoxy) is 1. The van der Waals surface area contributed by atoms with Crippen molar-refractivity contribution in [1.29, 1.82) is 0 Å². The molecule has 1 aliphatic carbocycles. The van der Waals surface area contributed by atoms with Crippen molar-refractivity contribution in [1.82, 2.24) is 9.03 Å². The SMILES string of the molecule is CCOC(=O)C1CCN(S(=O)(=O)NC2CC(O)C2)CC1. The van der Waals surface area contributed by atoms with E-state index in [9.17, 15) is 18.3 Å². The maximum absolute atomic E-state index is 12.1. The number of nitrogens with one attached hydrogen (secondary N) is 1. The van der Waals surface area contributed by atoms with Gasteiger partial charge in [0.15, 0.2) is 0 Å². The molecule has 0 aromatic rings. The number of aliphatic hydroxyl groups excluding tert-OH is 1. The van der Waals surface area contributed by atoms with Crippen LogP contribution in [-0.4, -0.2) is 55.6 Å². The molecule has 0 spiro atoms. The van der Waals surface area contributed by atoms with Crippen LogP contribution in [0.15, 0.2) is 0 Å². The van der Waals surface area contributed by atoms with Crippen molar-refractivity contribution in [2.45, 2.75) is 44.8 Å². The first-order chi connectivity index (χ1) is 9.42. The Balaban J connectivity index is 1.82. The summed E-state index contributed by atoms with van der Waals surface area (Å²) in [6.45, 7) is 2.76. The first-order valence-electron chi connectivity index (χ1n) is 7.04. The van der Waals surface area contributed by atoms with E-state index in [1.165, 1.54) is 4.31 Å². The molecule has 2 rings (SSSR count). The summed E-state index contributed by atoms with van der Waals surface area (Å²) in [6.07, 6.45) is 1.54. The number of carbonyl (C=O) groups is 1. The summed E-state index contributed by atoms with van der Waals surface area (Å²) in [6, 6.07) is -0.169. The zero-order valence-electron chi connectivity index (χ0n) is 11.6. The van der Waals surface area contributed by atoms with E-state index in [2.05, 4.69) is 4.72 Å². The number of nitrogens with zero attached hydrogens (tertiary/aromatic N) is 1. The molecule has 0 unspecified atom stereocenters. The Kier molecular flexibility index (Phi) is 5.00. The fourth-order valence-electron chi connectivity index (χ4n) is 2.56. The van der Waals surface area contributed by atoms with Crippen molar-refractivity contribution < 1.29 is 23.1 Å². The van der Waals surface area contributed by atoms with Gasteiger partial charge in [-0.2, -0.15) is 17.4 Å². The molecule has 1 saturated carbocycles. The molecule has 1 saturated heterocycles. The van der Waals surface area contributed by atoms with Crippen molar-refractivity contribution in [2.75, 3.05) is 19.7 Å². The van der Waals surface area contributed by atoms with Gasteiger partial charge in [0.1, 0.15) is 0 Å². The molecular formula is C12H22N2O5S. The highest BCUT2D eigenvalue weighted by molar-refractivity contribution is 7.87. The molecule has 0 amide bonds. The minimum atomic E-state index is -3.51. The normalized spacial score (nSPS) is 28.9. The van der Waals surface area contributed by atoms with Crippen LogP contribution in [0.3, 0.4) is 0 Å². The highest BCUT2D eigenvalue weighted by atomic mass is 32.2. The van der Waals surface area contributed by atoms with E-state index in [-0.39, 0.29) is 17.9 Å². The van der Waals surface area contributed by atoms with Crippen molar-refractivity contribution in [3.05, 3.63) is 0 Å². The Morgan fingerprint density at radius 2 is 1.95 bits per heavy atom. The Morgan fingerprint density at radius 3 is 2.45 bits per heavy atom. The van der Waals surface area contributed by atoms with Crippen LogP contribution in [0.4, 0.5) is 0 Å². The van der Waals surface area contributed by atoms with E-state index in [1.54, 1.807) is 6.92 Å². The van der Waals surface area contributed by atoms with Gasteiger partial charge in [-0.3, -0.25) is 4.79 Å². The summed E-state index contributed by atoms with van der Waals surface area (Å²) in [5.41, 5.74) is 0. The first-order valence-corrected chi connectivity index (χ1v) is 8.48. The molecule has 0 radical (unpaired) electrons. The fraction of sp³-hybridized carbons (Fsp3) is 0.917. The fourth-order valence-corrected chi connectivity index (χ4v) is 4.02. The largest absolute Gasteiger partial charge is 0.466 e. The van der Waals surface area contributed by atoms with Crippen LogP contribution >= 0.6 is 0 Å². The van der Waals surface area contributed by atoms with E-state index in [0.29, 0.717) is 45.4 Å². The monoisotopic (exact) mass is 306 g/mol. The minimum absolute atomic E-state index is 0.169. The van der Waals surface area contributed by atoms with Crippen LogP contribution in [0.25, 0.3) is 0 Å². The second-order valence-electron chi connectivity index (χ2n) is 5.37. The molecule has 0 bridgehead atoms. The third kappa shape index (κ3) is 3.69. The molecule has 2 N–H and O–H groups in total. The number of hydrogen-bond acceptors (Lipinski definition) is 5.